The Balaban J connectivity index is 2.00. The molecule has 0 atom stereocenters. The summed E-state index contributed by atoms with van der Waals surface area (Å²) < 4.78 is 5.64. The van der Waals surface area contributed by atoms with Crippen LogP contribution in [0.15, 0.2) is 24.3 Å². The summed E-state index contributed by atoms with van der Waals surface area (Å²) in [5, 5.41) is 8.57. The first-order chi connectivity index (χ1) is 9.76. The van der Waals surface area contributed by atoms with E-state index in [-0.39, 0.29) is 12.3 Å². The minimum Gasteiger partial charge on any atom is -0.492 e. The molecule has 0 radical (unpaired) electrons. The van der Waals surface area contributed by atoms with Crippen molar-refractivity contribution in [3.63, 3.8) is 0 Å². The van der Waals surface area contributed by atoms with Gasteiger partial charge in [0.2, 0.25) is 5.91 Å². The van der Waals surface area contributed by atoms with Crippen LogP contribution in [0.1, 0.15) is 13.3 Å². The van der Waals surface area contributed by atoms with Gasteiger partial charge in [-0.15, -0.1) is 0 Å². The number of carbonyl (C=O) groups is 1. The number of hydrogen-bond acceptors (Lipinski definition) is 4. The van der Waals surface area contributed by atoms with E-state index in [1.54, 1.807) is 4.90 Å². The molecule has 1 aromatic rings. The Bertz CT molecular complexity index is 502. The number of rotatable bonds is 4. The lowest BCUT2D eigenvalue weighted by atomic mass is 10.2. The van der Waals surface area contributed by atoms with Crippen molar-refractivity contribution >= 4 is 11.6 Å². The molecule has 0 aliphatic carbocycles. The van der Waals surface area contributed by atoms with Crippen molar-refractivity contribution < 1.29 is 9.53 Å². The number of anilines is 1. The molecule has 5 heteroatoms. The summed E-state index contributed by atoms with van der Waals surface area (Å²) in [7, 11) is 0. The molecule has 0 unspecified atom stereocenters. The highest BCUT2D eigenvalue weighted by Gasteiger charge is 2.22. The summed E-state index contributed by atoms with van der Waals surface area (Å²) in [6, 6.07) is 9.86. The minimum atomic E-state index is -0.0785. The van der Waals surface area contributed by atoms with Crippen LogP contribution >= 0.6 is 0 Å². The van der Waals surface area contributed by atoms with E-state index in [0.717, 1.165) is 24.5 Å². The second-order valence-corrected chi connectivity index (χ2v) is 4.60. The van der Waals surface area contributed by atoms with Crippen molar-refractivity contribution in [2.75, 3.05) is 37.7 Å². The summed E-state index contributed by atoms with van der Waals surface area (Å²) in [5.41, 5.74) is 1.07. The van der Waals surface area contributed by atoms with Crippen molar-refractivity contribution in [2.24, 2.45) is 0 Å². The van der Waals surface area contributed by atoms with Gasteiger partial charge in [-0.05, 0) is 19.1 Å². The van der Waals surface area contributed by atoms with Gasteiger partial charge in [0.25, 0.3) is 0 Å². The molecule has 0 N–H and O–H groups in total. The number of carbonyl (C=O) groups excluding carboxylic acids is 1. The van der Waals surface area contributed by atoms with Crippen molar-refractivity contribution in [3.8, 4) is 11.8 Å². The lowest BCUT2D eigenvalue weighted by molar-refractivity contribution is -0.130. The molecule has 0 spiro atoms. The standard InChI is InChI=1S/C15H19N3O2/c1-2-20-14-6-4-3-5-13(14)17-9-11-18(12-10-17)15(19)7-8-16/h3-6H,2,7,9-12H2,1H3. The Labute approximate surface area is 119 Å². The number of ether oxygens (including phenoxy) is 1. The molecule has 1 aliphatic heterocycles. The summed E-state index contributed by atoms with van der Waals surface area (Å²) in [4.78, 5) is 15.6. The molecular formula is C15H19N3O2. The Morgan fingerprint density at radius 3 is 2.65 bits per heavy atom. The first-order valence-electron chi connectivity index (χ1n) is 6.87. The SMILES string of the molecule is CCOc1ccccc1N1CCN(C(=O)CC#N)CC1. The number of nitriles is 1. The molecule has 1 fully saturated rings. The van der Waals surface area contributed by atoms with Crippen LogP contribution in [0.25, 0.3) is 0 Å². The average Bonchev–Trinajstić information content (AvgIpc) is 2.49. The van der Waals surface area contributed by atoms with Crippen molar-refractivity contribution in [3.05, 3.63) is 24.3 Å². The highest BCUT2D eigenvalue weighted by atomic mass is 16.5. The fraction of sp³-hybridized carbons (Fsp3) is 0.467. The molecule has 0 aromatic heterocycles. The maximum Gasteiger partial charge on any atom is 0.236 e. The van der Waals surface area contributed by atoms with E-state index < -0.39 is 0 Å². The number of hydrogen-bond donors (Lipinski definition) is 0. The summed E-state index contributed by atoms with van der Waals surface area (Å²) >= 11 is 0. The van der Waals surface area contributed by atoms with Crippen LogP contribution in [-0.4, -0.2) is 43.6 Å². The van der Waals surface area contributed by atoms with Gasteiger partial charge in [-0.1, -0.05) is 12.1 Å². The van der Waals surface area contributed by atoms with E-state index in [9.17, 15) is 4.79 Å². The Kier molecular flexibility index (Phi) is 4.83. The molecule has 1 saturated heterocycles. The summed E-state index contributed by atoms with van der Waals surface area (Å²) in [5.74, 6) is 0.803. The van der Waals surface area contributed by atoms with Gasteiger partial charge >= 0.3 is 0 Å². The van der Waals surface area contributed by atoms with Crippen LogP contribution in [0.3, 0.4) is 0 Å². The van der Waals surface area contributed by atoms with E-state index in [1.165, 1.54) is 0 Å². The topological polar surface area (TPSA) is 56.6 Å². The molecule has 2 rings (SSSR count). The van der Waals surface area contributed by atoms with Crippen molar-refractivity contribution in [1.82, 2.24) is 4.90 Å². The zero-order valence-electron chi connectivity index (χ0n) is 11.7. The van der Waals surface area contributed by atoms with E-state index in [4.69, 9.17) is 10.00 Å². The van der Waals surface area contributed by atoms with Crippen LogP contribution in [0, 0.1) is 11.3 Å². The van der Waals surface area contributed by atoms with Crippen molar-refractivity contribution in [2.45, 2.75) is 13.3 Å². The maximum absolute atomic E-state index is 11.7. The number of benzene rings is 1. The maximum atomic E-state index is 11.7. The number of nitrogens with zero attached hydrogens (tertiary/aromatic N) is 3. The number of piperazine rings is 1. The zero-order valence-corrected chi connectivity index (χ0v) is 11.7. The van der Waals surface area contributed by atoms with E-state index in [2.05, 4.69) is 4.90 Å². The van der Waals surface area contributed by atoms with Crippen LogP contribution in [0.2, 0.25) is 0 Å². The van der Waals surface area contributed by atoms with Gasteiger partial charge in [0.05, 0.1) is 18.4 Å². The fourth-order valence-corrected chi connectivity index (χ4v) is 2.37. The van der Waals surface area contributed by atoms with E-state index >= 15 is 0 Å². The molecule has 106 valence electrons. The molecule has 0 saturated carbocycles. The Morgan fingerprint density at radius 1 is 1.30 bits per heavy atom. The van der Waals surface area contributed by atoms with Crippen LogP contribution in [0.5, 0.6) is 5.75 Å². The van der Waals surface area contributed by atoms with Crippen LogP contribution in [-0.2, 0) is 4.79 Å². The number of para-hydroxylation sites is 2. The lowest BCUT2D eigenvalue weighted by Gasteiger charge is -2.36. The van der Waals surface area contributed by atoms with E-state index in [1.807, 2.05) is 37.3 Å². The normalized spacial score (nSPS) is 14.8. The smallest absolute Gasteiger partial charge is 0.236 e. The third-order valence-corrected chi connectivity index (χ3v) is 3.37. The summed E-state index contributed by atoms with van der Waals surface area (Å²) in [6.07, 6.45) is -0.0322. The molecule has 20 heavy (non-hydrogen) atoms. The lowest BCUT2D eigenvalue weighted by Crippen LogP contribution is -2.48. The highest BCUT2D eigenvalue weighted by Crippen LogP contribution is 2.28. The molecule has 1 aromatic carbocycles. The second-order valence-electron chi connectivity index (χ2n) is 4.60. The van der Waals surface area contributed by atoms with Gasteiger partial charge in [-0.25, -0.2) is 0 Å². The second kappa shape index (κ2) is 6.80. The van der Waals surface area contributed by atoms with Gasteiger partial charge in [-0.2, -0.15) is 5.26 Å². The minimum absolute atomic E-state index is 0.0322. The molecule has 5 nitrogen and oxygen atoms in total. The van der Waals surface area contributed by atoms with Gasteiger partial charge < -0.3 is 14.5 Å². The largest absolute Gasteiger partial charge is 0.492 e. The summed E-state index contributed by atoms with van der Waals surface area (Å²) in [6.45, 7) is 5.44. The van der Waals surface area contributed by atoms with Gasteiger partial charge in [0, 0.05) is 26.2 Å². The van der Waals surface area contributed by atoms with Gasteiger partial charge in [0.15, 0.2) is 0 Å². The fourth-order valence-electron chi connectivity index (χ4n) is 2.37. The number of amides is 1. The average molecular weight is 273 g/mol. The molecule has 1 aliphatic rings. The molecule has 0 bridgehead atoms. The van der Waals surface area contributed by atoms with Crippen LogP contribution in [0.4, 0.5) is 5.69 Å². The molecule has 1 heterocycles. The van der Waals surface area contributed by atoms with Gasteiger partial charge in [-0.3, -0.25) is 4.79 Å². The third-order valence-electron chi connectivity index (χ3n) is 3.37. The third kappa shape index (κ3) is 3.21. The molecular weight excluding hydrogens is 254 g/mol. The molecule has 1 amide bonds. The Hall–Kier alpha value is -2.22. The quantitative estimate of drug-likeness (QED) is 0.837. The first kappa shape index (κ1) is 14.2. The van der Waals surface area contributed by atoms with Gasteiger partial charge in [0.1, 0.15) is 12.2 Å². The van der Waals surface area contributed by atoms with E-state index in [0.29, 0.717) is 19.7 Å². The first-order valence-corrected chi connectivity index (χ1v) is 6.87. The van der Waals surface area contributed by atoms with Crippen molar-refractivity contribution in [1.29, 1.82) is 5.26 Å². The zero-order chi connectivity index (χ0) is 14.4. The predicted octanol–water partition coefficient (Wildman–Crippen LogP) is 1.65. The Morgan fingerprint density at radius 2 is 2.00 bits per heavy atom. The predicted molar refractivity (Wildman–Crippen MR) is 76.6 cm³/mol. The monoisotopic (exact) mass is 273 g/mol. The highest BCUT2D eigenvalue weighted by molar-refractivity contribution is 5.78. The van der Waals surface area contributed by atoms with Crippen LogP contribution < -0.4 is 9.64 Å².